The lowest BCUT2D eigenvalue weighted by molar-refractivity contribution is 0.568. The molecule has 1 unspecified atom stereocenters. The summed E-state index contributed by atoms with van der Waals surface area (Å²) in [5.74, 6) is 1.63. The van der Waals surface area contributed by atoms with Gasteiger partial charge < -0.3 is 10.2 Å². The molecule has 7 heteroatoms. The molecule has 4 aromatic heterocycles. The van der Waals surface area contributed by atoms with Crippen LogP contribution in [-0.4, -0.2) is 19.9 Å². The number of hydrogen-bond donors (Lipinski definition) is 1. The van der Waals surface area contributed by atoms with Crippen LogP contribution in [-0.2, 0) is 0 Å². The summed E-state index contributed by atoms with van der Waals surface area (Å²) in [6.07, 6.45) is 5.71. The third kappa shape index (κ3) is 2.52. The largest absolute Gasteiger partial charge is 0.440 e. The van der Waals surface area contributed by atoms with Crippen LogP contribution >= 0.6 is 11.3 Å². The maximum Gasteiger partial charge on any atom is 0.200 e. The zero-order chi connectivity index (χ0) is 16.5. The third-order valence-corrected chi connectivity index (χ3v) is 5.03. The third-order valence-electron chi connectivity index (χ3n) is 3.89. The topological polar surface area (TPSA) is 90.7 Å². The number of anilines is 1. The second-order valence-electron chi connectivity index (χ2n) is 5.38. The molecule has 0 fully saturated rings. The van der Waals surface area contributed by atoms with Crippen LogP contribution in [0.15, 0.2) is 47.5 Å². The van der Waals surface area contributed by atoms with Gasteiger partial charge in [0.05, 0.1) is 11.6 Å². The summed E-state index contributed by atoms with van der Waals surface area (Å²) in [7, 11) is 0. The number of aromatic nitrogens is 4. The molecule has 0 amide bonds. The fraction of sp³-hybridized carbons (Fsp3) is 0.176. The number of thiophene rings is 1. The van der Waals surface area contributed by atoms with E-state index < -0.39 is 0 Å². The van der Waals surface area contributed by atoms with Crippen LogP contribution in [0.1, 0.15) is 29.8 Å². The monoisotopic (exact) mass is 337 g/mol. The van der Waals surface area contributed by atoms with Gasteiger partial charge in [-0.05, 0) is 24.6 Å². The van der Waals surface area contributed by atoms with Gasteiger partial charge in [-0.1, -0.05) is 13.0 Å². The van der Waals surface area contributed by atoms with Gasteiger partial charge in [-0.2, -0.15) is 0 Å². The van der Waals surface area contributed by atoms with Gasteiger partial charge in [-0.15, -0.1) is 11.3 Å². The second kappa shape index (κ2) is 6.01. The van der Waals surface area contributed by atoms with E-state index in [1.165, 1.54) is 11.3 Å². The highest BCUT2D eigenvalue weighted by atomic mass is 32.1. The van der Waals surface area contributed by atoms with E-state index in [1.807, 2.05) is 24.4 Å². The lowest BCUT2D eigenvalue weighted by Crippen LogP contribution is -1.99. The number of hydrogen-bond acceptors (Lipinski definition) is 7. The molecule has 0 aliphatic rings. The zero-order valence-corrected chi connectivity index (χ0v) is 13.8. The molecule has 2 N–H and O–H groups in total. The van der Waals surface area contributed by atoms with Gasteiger partial charge in [-0.25, -0.2) is 15.0 Å². The van der Waals surface area contributed by atoms with Crippen molar-refractivity contribution in [2.24, 2.45) is 0 Å². The summed E-state index contributed by atoms with van der Waals surface area (Å²) in [6.45, 7) is 2.15. The van der Waals surface area contributed by atoms with Crippen LogP contribution < -0.4 is 5.73 Å². The Morgan fingerprint density at radius 3 is 2.92 bits per heavy atom. The number of nitrogens with two attached hydrogens (primary N) is 1. The normalized spacial score (nSPS) is 12.5. The molecule has 24 heavy (non-hydrogen) atoms. The predicted molar refractivity (Wildman–Crippen MR) is 93.7 cm³/mol. The van der Waals surface area contributed by atoms with Gasteiger partial charge in [0.2, 0.25) is 5.82 Å². The molecule has 0 spiro atoms. The molecule has 6 nitrogen and oxygen atoms in total. The van der Waals surface area contributed by atoms with Crippen molar-refractivity contribution in [3.05, 3.63) is 53.6 Å². The molecule has 0 saturated heterocycles. The molecule has 4 rings (SSSR count). The van der Waals surface area contributed by atoms with E-state index in [4.69, 9.17) is 10.2 Å². The van der Waals surface area contributed by atoms with Crippen molar-refractivity contribution in [2.75, 3.05) is 5.73 Å². The highest BCUT2D eigenvalue weighted by molar-refractivity contribution is 7.18. The Labute approximate surface area is 142 Å². The van der Waals surface area contributed by atoms with E-state index in [9.17, 15) is 0 Å². The molecule has 0 aromatic carbocycles. The van der Waals surface area contributed by atoms with Crippen LogP contribution in [0.3, 0.4) is 0 Å². The van der Waals surface area contributed by atoms with E-state index in [0.29, 0.717) is 17.4 Å². The Morgan fingerprint density at radius 2 is 2.21 bits per heavy atom. The average Bonchev–Trinajstić information content (AvgIpc) is 3.26. The van der Waals surface area contributed by atoms with Crippen molar-refractivity contribution in [3.8, 4) is 11.6 Å². The van der Waals surface area contributed by atoms with Crippen LogP contribution in [0.25, 0.3) is 21.8 Å². The number of nitrogen functional groups attached to an aromatic ring is 1. The Morgan fingerprint density at radius 1 is 1.29 bits per heavy atom. The summed E-state index contributed by atoms with van der Waals surface area (Å²) >= 11 is 1.62. The molecule has 0 bridgehead atoms. The summed E-state index contributed by atoms with van der Waals surface area (Å²) in [4.78, 5) is 19.3. The molecule has 0 saturated carbocycles. The molecule has 4 aromatic rings. The second-order valence-corrected chi connectivity index (χ2v) is 6.44. The first-order valence-corrected chi connectivity index (χ1v) is 8.44. The highest BCUT2D eigenvalue weighted by Gasteiger charge is 2.19. The van der Waals surface area contributed by atoms with Gasteiger partial charge >= 0.3 is 0 Å². The lowest BCUT2D eigenvalue weighted by Gasteiger charge is -2.11. The number of fused-ring (bicyclic) bond motifs is 1. The van der Waals surface area contributed by atoms with E-state index in [-0.39, 0.29) is 5.92 Å². The summed E-state index contributed by atoms with van der Waals surface area (Å²) in [6, 6.07) is 8.05. The number of nitrogens with zero attached hydrogens (tertiary/aromatic N) is 4. The molecule has 0 aliphatic heterocycles. The van der Waals surface area contributed by atoms with Gasteiger partial charge in [0.25, 0.3) is 0 Å². The molecule has 1 atom stereocenters. The Balaban J connectivity index is 1.82. The smallest absolute Gasteiger partial charge is 0.200 e. The maximum absolute atomic E-state index is 6.13. The standard InChI is InChI=1S/C17H15N5OS/c1-2-10(12-5-3-4-6-20-12)14-7-11-15(18)21-16(22-17(11)24-14)13-8-19-9-23-13/h3-10H,2H2,1H3,(H2,18,21,22). The zero-order valence-electron chi connectivity index (χ0n) is 13.0. The van der Waals surface area contributed by atoms with E-state index in [1.54, 1.807) is 17.5 Å². The van der Waals surface area contributed by atoms with Gasteiger partial charge in [0, 0.05) is 22.7 Å². The van der Waals surface area contributed by atoms with Crippen molar-refractivity contribution < 1.29 is 4.42 Å². The van der Waals surface area contributed by atoms with Gasteiger partial charge in [0.1, 0.15) is 10.6 Å². The van der Waals surface area contributed by atoms with E-state index in [2.05, 4.69) is 32.9 Å². The Kier molecular flexibility index (Phi) is 3.70. The fourth-order valence-electron chi connectivity index (χ4n) is 2.71. The fourth-order valence-corrected chi connectivity index (χ4v) is 3.94. The first-order chi connectivity index (χ1) is 11.8. The number of pyridine rings is 1. The minimum absolute atomic E-state index is 0.221. The van der Waals surface area contributed by atoms with Crippen LogP contribution in [0, 0.1) is 0 Å². The summed E-state index contributed by atoms with van der Waals surface area (Å²) in [5.41, 5.74) is 7.18. The van der Waals surface area contributed by atoms with Crippen LogP contribution in [0.4, 0.5) is 5.82 Å². The Bertz CT molecular complexity index is 965. The molecular weight excluding hydrogens is 322 g/mol. The van der Waals surface area contributed by atoms with Crippen molar-refractivity contribution in [1.82, 2.24) is 19.9 Å². The first-order valence-electron chi connectivity index (χ1n) is 7.63. The van der Waals surface area contributed by atoms with Gasteiger partial charge in [0.15, 0.2) is 12.2 Å². The summed E-state index contributed by atoms with van der Waals surface area (Å²) in [5, 5.41) is 0.868. The number of rotatable bonds is 4. The predicted octanol–water partition coefficient (Wildman–Crippen LogP) is 3.87. The average molecular weight is 337 g/mol. The molecule has 120 valence electrons. The van der Waals surface area contributed by atoms with E-state index >= 15 is 0 Å². The van der Waals surface area contributed by atoms with Crippen molar-refractivity contribution in [2.45, 2.75) is 19.3 Å². The maximum atomic E-state index is 6.13. The van der Waals surface area contributed by atoms with Crippen molar-refractivity contribution in [1.29, 1.82) is 0 Å². The lowest BCUT2D eigenvalue weighted by atomic mass is 9.99. The van der Waals surface area contributed by atoms with Crippen molar-refractivity contribution >= 4 is 27.4 Å². The molecule has 0 aliphatic carbocycles. The highest BCUT2D eigenvalue weighted by Crippen LogP contribution is 2.37. The summed E-state index contributed by atoms with van der Waals surface area (Å²) < 4.78 is 5.27. The minimum atomic E-state index is 0.221. The van der Waals surface area contributed by atoms with Crippen molar-refractivity contribution in [3.63, 3.8) is 0 Å². The molecule has 4 heterocycles. The SMILES string of the molecule is CCC(c1ccccn1)c1cc2c(N)nc(-c3cnco3)nc2s1. The quantitative estimate of drug-likeness (QED) is 0.608. The molecule has 0 radical (unpaired) electrons. The Hall–Kier alpha value is -2.80. The van der Waals surface area contributed by atoms with Crippen LogP contribution in [0.5, 0.6) is 0 Å². The number of oxazole rings is 1. The minimum Gasteiger partial charge on any atom is -0.440 e. The van der Waals surface area contributed by atoms with Crippen LogP contribution in [0.2, 0.25) is 0 Å². The van der Waals surface area contributed by atoms with Gasteiger partial charge in [-0.3, -0.25) is 4.98 Å². The van der Waals surface area contributed by atoms with E-state index in [0.717, 1.165) is 22.3 Å². The first kappa shape index (κ1) is 14.8. The molecular formula is C17H15N5OS.